The molecule has 2 rings (SSSR count). The normalized spacial score (nSPS) is 14.5. The number of aromatic nitrogens is 2. The van der Waals surface area contributed by atoms with Crippen LogP contribution in [-0.4, -0.2) is 22.5 Å². The minimum Gasteiger partial charge on any atom is -0.214 e. The van der Waals surface area contributed by atoms with Gasteiger partial charge in [0, 0.05) is 0 Å². The smallest absolute Gasteiger partial charge is 0.189 e. The van der Waals surface area contributed by atoms with Crippen molar-refractivity contribution >= 4 is 58.6 Å². The van der Waals surface area contributed by atoms with Gasteiger partial charge in [0.15, 0.2) is 5.16 Å². The number of thioether (sulfide) groups is 4. The summed E-state index contributed by atoms with van der Waals surface area (Å²) < 4.78 is 0.965. The first-order chi connectivity index (χ1) is 8.19. The average Bonchev–Trinajstić information content (AvgIpc) is 2.36. The second kappa shape index (κ2) is 5.76. The molecule has 0 saturated carbocycles. The lowest BCUT2D eigenvalue weighted by Crippen LogP contribution is -1.98. The lowest BCUT2D eigenvalue weighted by atomic mass is 10.6. The zero-order valence-corrected chi connectivity index (χ0v) is 12.9. The molecule has 0 saturated heterocycles. The monoisotopic (exact) mass is 319 g/mol. The fraction of sp³-hybridized carbons (Fsp3) is 0.222. The Bertz CT molecular complexity index is 538. The summed E-state index contributed by atoms with van der Waals surface area (Å²) in [4.78, 5) is 10.0. The van der Waals surface area contributed by atoms with Crippen molar-refractivity contribution in [3.8, 4) is 6.07 Å². The van der Waals surface area contributed by atoms with Gasteiger partial charge in [-0.2, -0.15) is 5.26 Å². The van der Waals surface area contributed by atoms with Crippen LogP contribution >= 0.6 is 58.6 Å². The average molecular weight is 320 g/mol. The van der Waals surface area contributed by atoms with E-state index in [-0.39, 0.29) is 0 Å². The quantitative estimate of drug-likeness (QED) is 0.462. The van der Waals surface area contributed by atoms with Crippen LogP contribution in [0.1, 0.15) is 0 Å². The summed E-state index contributed by atoms with van der Waals surface area (Å²) in [6.07, 6.45) is 3.86. The molecule has 0 fully saturated rings. The van der Waals surface area contributed by atoms with Gasteiger partial charge >= 0.3 is 0 Å². The molecule has 0 aliphatic carbocycles. The Kier molecular flexibility index (Phi) is 4.55. The highest BCUT2D eigenvalue weighted by molar-refractivity contribution is 8.23. The van der Waals surface area contributed by atoms with E-state index in [9.17, 15) is 0 Å². The van der Waals surface area contributed by atoms with Gasteiger partial charge in [-0.1, -0.05) is 46.9 Å². The second-order valence-corrected chi connectivity index (χ2v) is 7.00. The Morgan fingerprint density at radius 2 is 2.00 bits per heavy atom. The van der Waals surface area contributed by atoms with E-state index in [1.54, 1.807) is 11.8 Å². The van der Waals surface area contributed by atoms with Crippen LogP contribution in [0.15, 0.2) is 24.2 Å². The highest BCUT2D eigenvalue weighted by Crippen LogP contribution is 2.51. The fourth-order valence-electron chi connectivity index (χ4n) is 1.11. The van der Waals surface area contributed by atoms with E-state index in [1.807, 2.05) is 12.5 Å². The Hall–Kier alpha value is -0.000000000000000167. The number of nitriles is 1. The number of nitrogens with zero attached hydrogens (tertiary/aromatic N) is 3. The zero-order valence-electron chi connectivity index (χ0n) is 8.85. The van der Waals surface area contributed by atoms with Crippen LogP contribution in [0.2, 0.25) is 5.15 Å². The molecule has 1 aliphatic rings. The van der Waals surface area contributed by atoms with Crippen molar-refractivity contribution in [2.24, 2.45) is 0 Å². The van der Waals surface area contributed by atoms with Gasteiger partial charge in [-0.25, -0.2) is 9.97 Å². The van der Waals surface area contributed by atoms with E-state index in [0.717, 1.165) is 14.2 Å². The minimum absolute atomic E-state index is 0.421. The lowest BCUT2D eigenvalue weighted by Gasteiger charge is -2.16. The molecular formula is C9H6ClN3S4. The third-order valence-electron chi connectivity index (χ3n) is 1.82. The van der Waals surface area contributed by atoms with Gasteiger partial charge in [-0.05, 0) is 12.5 Å². The van der Waals surface area contributed by atoms with Crippen molar-refractivity contribution in [1.82, 2.24) is 9.97 Å². The highest BCUT2D eigenvalue weighted by Gasteiger charge is 2.24. The second-order valence-electron chi connectivity index (χ2n) is 2.77. The van der Waals surface area contributed by atoms with Gasteiger partial charge in [0.2, 0.25) is 0 Å². The Labute approximate surface area is 121 Å². The van der Waals surface area contributed by atoms with E-state index in [2.05, 4.69) is 16.0 Å². The summed E-state index contributed by atoms with van der Waals surface area (Å²) in [6, 6.07) is 2.18. The van der Waals surface area contributed by atoms with E-state index in [4.69, 9.17) is 16.9 Å². The van der Waals surface area contributed by atoms with E-state index in [1.165, 1.54) is 35.3 Å². The summed E-state index contributed by atoms with van der Waals surface area (Å²) in [6.45, 7) is 0. The Morgan fingerprint density at radius 1 is 1.24 bits per heavy atom. The van der Waals surface area contributed by atoms with Crippen LogP contribution < -0.4 is 0 Å². The number of halogens is 1. The molecule has 0 spiro atoms. The predicted octanol–water partition coefficient (Wildman–Crippen LogP) is 4.11. The number of hydrogen-bond donors (Lipinski definition) is 0. The van der Waals surface area contributed by atoms with Gasteiger partial charge < -0.3 is 0 Å². The topological polar surface area (TPSA) is 49.6 Å². The molecule has 0 atom stereocenters. The molecule has 1 aromatic heterocycles. The molecule has 8 heteroatoms. The summed E-state index contributed by atoms with van der Waals surface area (Å²) in [5.74, 6) is 0. The molecule has 0 bridgehead atoms. The van der Waals surface area contributed by atoms with Crippen LogP contribution in [0.3, 0.4) is 0 Å². The maximum absolute atomic E-state index is 9.07. The molecule has 1 aliphatic heterocycles. The highest BCUT2D eigenvalue weighted by atomic mass is 35.5. The molecule has 3 nitrogen and oxygen atoms in total. The minimum atomic E-state index is 0.421. The van der Waals surface area contributed by atoms with Gasteiger partial charge in [-0.15, -0.1) is 11.8 Å². The van der Waals surface area contributed by atoms with Crippen LogP contribution in [0, 0.1) is 11.3 Å². The molecule has 0 N–H and O–H groups in total. The molecule has 1 aromatic rings. The number of allylic oxidation sites excluding steroid dienone is 1. The summed E-state index contributed by atoms with van der Waals surface area (Å²) in [5, 5.41) is 11.0. The van der Waals surface area contributed by atoms with Crippen LogP contribution in [0.4, 0.5) is 0 Å². The number of hydrogen-bond acceptors (Lipinski definition) is 7. The Morgan fingerprint density at radius 3 is 2.59 bits per heavy atom. The molecular weight excluding hydrogens is 314 g/mol. The summed E-state index contributed by atoms with van der Waals surface area (Å²) in [7, 11) is 0. The number of fused-ring (bicyclic) bond motifs is 1. The molecule has 0 unspecified atom stereocenters. The van der Waals surface area contributed by atoms with Gasteiger partial charge in [0.25, 0.3) is 0 Å². The third kappa shape index (κ3) is 2.71. The number of rotatable bonds is 2. The van der Waals surface area contributed by atoms with Crippen LogP contribution in [-0.2, 0) is 0 Å². The van der Waals surface area contributed by atoms with Crippen molar-refractivity contribution in [1.29, 1.82) is 5.26 Å². The first kappa shape index (κ1) is 13.4. The van der Waals surface area contributed by atoms with Crippen molar-refractivity contribution in [3.63, 3.8) is 0 Å². The third-order valence-corrected chi connectivity index (χ3v) is 6.44. The Balaban J connectivity index is 2.48. The van der Waals surface area contributed by atoms with Gasteiger partial charge in [0.05, 0.1) is 9.13 Å². The SMILES string of the molecule is CSC1=C(C#N)Sc2c(Cl)nc(SC)nc2S1. The van der Waals surface area contributed by atoms with E-state index in [0.29, 0.717) is 15.2 Å². The van der Waals surface area contributed by atoms with Crippen LogP contribution in [0.25, 0.3) is 0 Å². The maximum atomic E-state index is 9.07. The first-order valence-electron chi connectivity index (χ1n) is 4.35. The maximum Gasteiger partial charge on any atom is 0.189 e. The molecule has 0 amide bonds. The zero-order chi connectivity index (χ0) is 12.4. The van der Waals surface area contributed by atoms with E-state index >= 15 is 0 Å². The molecule has 0 aromatic carbocycles. The predicted molar refractivity (Wildman–Crippen MR) is 76.7 cm³/mol. The van der Waals surface area contributed by atoms with Crippen molar-refractivity contribution in [3.05, 3.63) is 14.3 Å². The van der Waals surface area contributed by atoms with Crippen molar-refractivity contribution < 1.29 is 0 Å². The molecule has 88 valence electrons. The molecule has 17 heavy (non-hydrogen) atoms. The standard InChI is InChI=1S/C9H6ClN3S4/c1-14-8-4(3-11)16-5-6(10)12-9(15-2)13-7(5)17-8/h1-2H3. The van der Waals surface area contributed by atoms with Gasteiger partial charge in [0.1, 0.15) is 21.2 Å². The van der Waals surface area contributed by atoms with Crippen molar-refractivity contribution in [2.75, 3.05) is 12.5 Å². The molecule has 2 heterocycles. The summed E-state index contributed by atoms with van der Waals surface area (Å²) in [5.41, 5.74) is 0. The van der Waals surface area contributed by atoms with E-state index < -0.39 is 0 Å². The fourth-order valence-corrected chi connectivity index (χ4v) is 4.83. The lowest BCUT2D eigenvalue weighted by molar-refractivity contribution is 0.842. The first-order valence-corrected chi connectivity index (χ1v) is 8.81. The molecule has 0 radical (unpaired) electrons. The van der Waals surface area contributed by atoms with Crippen LogP contribution in [0.5, 0.6) is 0 Å². The van der Waals surface area contributed by atoms with Gasteiger partial charge in [-0.3, -0.25) is 0 Å². The van der Waals surface area contributed by atoms with Crippen molar-refractivity contribution in [2.45, 2.75) is 15.1 Å². The largest absolute Gasteiger partial charge is 0.214 e. The summed E-state index contributed by atoms with van der Waals surface area (Å²) >= 11 is 11.9.